The van der Waals surface area contributed by atoms with Gasteiger partial charge >= 0.3 is 5.97 Å². The molecule has 0 aliphatic heterocycles. The molecule has 0 bridgehead atoms. The molecule has 6 nitrogen and oxygen atoms in total. The molecule has 6 heteroatoms. The van der Waals surface area contributed by atoms with Crippen LogP contribution < -0.4 is 0 Å². The number of rotatable bonds is 6. The number of hydrogen-bond acceptors (Lipinski definition) is 4. The molecule has 1 aromatic carbocycles. The summed E-state index contributed by atoms with van der Waals surface area (Å²) in [4.78, 5) is 21.1. The average molecular weight is 276 g/mol. The molecule has 0 heterocycles. The zero-order valence-electron chi connectivity index (χ0n) is 11.4. The van der Waals surface area contributed by atoms with Crippen LogP contribution >= 0.6 is 0 Å². The van der Waals surface area contributed by atoms with Crippen LogP contribution in [0.2, 0.25) is 0 Å². The van der Waals surface area contributed by atoms with Crippen molar-refractivity contribution in [3.63, 3.8) is 0 Å². The zero-order chi connectivity index (χ0) is 15.3. The summed E-state index contributed by atoms with van der Waals surface area (Å²) < 4.78 is 0. The molecule has 1 aromatic rings. The Hall–Kier alpha value is -2.42. The molecule has 0 saturated carbocycles. The molecule has 0 fully saturated rings. The summed E-state index contributed by atoms with van der Waals surface area (Å²) in [5.74, 6) is -1.62. The number of nitriles is 1. The van der Waals surface area contributed by atoms with Gasteiger partial charge in [0.1, 0.15) is 0 Å². The van der Waals surface area contributed by atoms with Gasteiger partial charge in [-0.3, -0.25) is 14.9 Å². The van der Waals surface area contributed by atoms with Crippen LogP contribution in [0, 0.1) is 27.4 Å². The van der Waals surface area contributed by atoms with Crippen molar-refractivity contribution in [3.05, 3.63) is 39.9 Å². The highest BCUT2D eigenvalue weighted by Gasteiger charge is 2.34. The van der Waals surface area contributed by atoms with E-state index in [4.69, 9.17) is 5.11 Å². The molecule has 0 spiro atoms. The molecule has 0 amide bonds. The van der Waals surface area contributed by atoms with Crippen molar-refractivity contribution in [3.8, 4) is 6.07 Å². The van der Waals surface area contributed by atoms with E-state index in [9.17, 15) is 20.2 Å². The summed E-state index contributed by atoms with van der Waals surface area (Å²) >= 11 is 0. The Bertz CT molecular complexity index is 547. The van der Waals surface area contributed by atoms with Crippen molar-refractivity contribution in [2.24, 2.45) is 5.92 Å². The van der Waals surface area contributed by atoms with E-state index in [1.807, 2.05) is 0 Å². The lowest BCUT2D eigenvalue weighted by atomic mass is 9.73. The minimum absolute atomic E-state index is 0.0528. The molecule has 1 N–H and O–H groups in total. The zero-order valence-corrected chi connectivity index (χ0v) is 11.4. The summed E-state index contributed by atoms with van der Waals surface area (Å²) in [5, 5.41) is 29.1. The topological polar surface area (TPSA) is 104 Å². The molecule has 1 rings (SSSR count). The Labute approximate surface area is 116 Å². The van der Waals surface area contributed by atoms with Crippen LogP contribution in [-0.4, -0.2) is 16.0 Å². The minimum atomic E-state index is -0.958. The van der Waals surface area contributed by atoms with Crippen LogP contribution in [0.1, 0.15) is 32.3 Å². The lowest BCUT2D eigenvalue weighted by Gasteiger charge is -2.27. The Morgan fingerprint density at radius 2 is 2.05 bits per heavy atom. The fraction of sp³-hybridized carbons (Fsp3) is 0.429. The van der Waals surface area contributed by atoms with Gasteiger partial charge in [0, 0.05) is 12.1 Å². The summed E-state index contributed by atoms with van der Waals surface area (Å²) in [7, 11) is 0. The van der Waals surface area contributed by atoms with Gasteiger partial charge in [0.15, 0.2) is 0 Å². The Balaban J connectivity index is 3.16. The van der Waals surface area contributed by atoms with Crippen LogP contribution in [0.25, 0.3) is 0 Å². The van der Waals surface area contributed by atoms with Crippen molar-refractivity contribution in [1.82, 2.24) is 0 Å². The lowest BCUT2D eigenvalue weighted by Crippen LogP contribution is -2.28. The van der Waals surface area contributed by atoms with Crippen molar-refractivity contribution in [1.29, 1.82) is 5.26 Å². The molecule has 0 radical (unpaired) electrons. The van der Waals surface area contributed by atoms with E-state index in [0.717, 1.165) is 0 Å². The molecule has 20 heavy (non-hydrogen) atoms. The molecular weight excluding hydrogens is 260 g/mol. The highest BCUT2D eigenvalue weighted by Crippen LogP contribution is 2.35. The number of aliphatic carboxylic acids is 1. The number of nitro benzene ring substituents is 1. The van der Waals surface area contributed by atoms with E-state index in [1.165, 1.54) is 24.3 Å². The summed E-state index contributed by atoms with van der Waals surface area (Å²) in [6, 6.07) is 7.91. The number of nitrogens with zero attached hydrogens (tertiary/aromatic N) is 2. The Morgan fingerprint density at radius 1 is 1.50 bits per heavy atom. The van der Waals surface area contributed by atoms with Gasteiger partial charge in [-0.15, -0.1) is 0 Å². The molecule has 0 saturated heterocycles. The molecule has 106 valence electrons. The monoisotopic (exact) mass is 276 g/mol. The van der Waals surface area contributed by atoms with Crippen molar-refractivity contribution >= 4 is 11.7 Å². The fourth-order valence-electron chi connectivity index (χ4n) is 2.17. The number of carboxylic acid groups (broad SMARTS) is 1. The summed E-state index contributed by atoms with van der Waals surface area (Å²) in [6.07, 6.45) is 0.617. The van der Waals surface area contributed by atoms with Crippen molar-refractivity contribution < 1.29 is 14.8 Å². The first kappa shape index (κ1) is 15.6. The van der Waals surface area contributed by atoms with Gasteiger partial charge in [0.25, 0.3) is 5.69 Å². The molecule has 0 aliphatic rings. The number of nitro groups is 1. The maximum atomic E-state index is 11.0. The van der Waals surface area contributed by atoms with Crippen LogP contribution in [0.4, 0.5) is 5.69 Å². The van der Waals surface area contributed by atoms with Crippen molar-refractivity contribution in [2.75, 3.05) is 0 Å². The van der Waals surface area contributed by atoms with Crippen molar-refractivity contribution in [2.45, 2.75) is 32.1 Å². The average Bonchev–Trinajstić information content (AvgIpc) is 2.44. The first-order valence-electron chi connectivity index (χ1n) is 6.25. The Kier molecular flexibility index (Phi) is 4.81. The van der Waals surface area contributed by atoms with Gasteiger partial charge in [-0.05, 0) is 18.4 Å². The quantitative estimate of drug-likeness (QED) is 0.635. The maximum absolute atomic E-state index is 11.0. The van der Waals surface area contributed by atoms with E-state index in [-0.39, 0.29) is 12.1 Å². The third-order valence-electron chi connectivity index (χ3n) is 3.52. The summed E-state index contributed by atoms with van der Waals surface area (Å²) in [6.45, 7) is 3.36. The van der Waals surface area contributed by atoms with Crippen LogP contribution in [0.3, 0.4) is 0 Å². The smallest absolute Gasteiger partial charge is 0.306 e. The van der Waals surface area contributed by atoms with Gasteiger partial charge in [0.05, 0.1) is 22.3 Å². The first-order valence-corrected chi connectivity index (χ1v) is 6.25. The third-order valence-corrected chi connectivity index (χ3v) is 3.52. The van der Waals surface area contributed by atoms with E-state index >= 15 is 0 Å². The fourth-order valence-corrected chi connectivity index (χ4v) is 2.17. The van der Waals surface area contributed by atoms with Gasteiger partial charge in [-0.1, -0.05) is 26.0 Å². The van der Waals surface area contributed by atoms with Gasteiger partial charge in [-0.25, -0.2) is 0 Å². The van der Waals surface area contributed by atoms with E-state index < -0.39 is 22.2 Å². The standard InChI is InChI=1S/C14H16N2O4/c1-3-14(9-15,8-10(2)13(17)18)11-4-6-12(7-5-11)16(19)20/h4-7,10H,3,8H2,1-2H3,(H,17,18)/t10-,14?/m1/s1. The highest BCUT2D eigenvalue weighted by molar-refractivity contribution is 5.69. The summed E-state index contributed by atoms with van der Waals surface area (Å²) in [5.41, 5.74) is -0.378. The van der Waals surface area contributed by atoms with Crippen LogP contribution in [-0.2, 0) is 10.2 Å². The molecule has 0 aromatic heterocycles. The molecular formula is C14H16N2O4. The number of hydrogen-bond donors (Lipinski definition) is 1. The number of non-ortho nitro benzene ring substituents is 1. The predicted octanol–water partition coefficient (Wildman–Crippen LogP) is 2.88. The Morgan fingerprint density at radius 3 is 2.40 bits per heavy atom. The lowest BCUT2D eigenvalue weighted by molar-refractivity contribution is -0.384. The van der Waals surface area contributed by atoms with Gasteiger partial charge in [-0.2, -0.15) is 5.26 Å². The second kappa shape index (κ2) is 6.15. The molecule has 0 aliphatic carbocycles. The van der Waals surface area contributed by atoms with E-state index in [2.05, 4.69) is 6.07 Å². The van der Waals surface area contributed by atoms with E-state index in [1.54, 1.807) is 13.8 Å². The van der Waals surface area contributed by atoms with Crippen LogP contribution in [0.5, 0.6) is 0 Å². The molecule has 2 atom stereocenters. The number of benzene rings is 1. The van der Waals surface area contributed by atoms with Gasteiger partial charge < -0.3 is 5.11 Å². The third kappa shape index (κ3) is 3.12. The minimum Gasteiger partial charge on any atom is -0.481 e. The maximum Gasteiger partial charge on any atom is 0.306 e. The normalized spacial score (nSPS) is 14.8. The molecule has 1 unspecified atom stereocenters. The van der Waals surface area contributed by atoms with Crippen LogP contribution in [0.15, 0.2) is 24.3 Å². The second-order valence-electron chi connectivity index (χ2n) is 4.79. The van der Waals surface area contributed by atoms with Gasteiger partial charge in [0.2, 0.25) is 0 Å². The predicted molar refractivity (Wildman–Crippen MR) is 72.1 cm³/mol. The number of carboxylic acids is 1. The first-order chi connectivity index (χ1) is 9.36. The largest absolute Gasteiger partial charge is 0.481 e. The van der Waals surface area contributed by atoms with E-state index in [0.29, 0.717) is 12.0 Å². The second-order valence-corrected chi connectivity index (χ2v) is 4.79. The SMILES string of the molecule is CCC(C#N)(C[C@@H](C)C(=O)O)c1ccc([N+](=O)[O-])cc1. The highest BCUT2D eigenvalue weighted by atomic mass is 16.6. The number of carbonyl (C=O) groups is 1.